The molecule has 2 nitrogen and oxygen atoms in total. The van der Waals surface area contributed by atoms with E-state index in [0.717, 1.165) is 33.2 Å². The molecule has 21 heavy (non-hydrogen) atoms. The Morgan fingerprint density at radius 1 is 0.905 bits per heavy atom. The van der Waals surface area contributed by atoms with Crippen LogP contribution in [0.5, 0.6) is 0 Å². The molecule has 2 heteroatoms. The molecule has 0 fully saturated rings. The quantitative estimate of drug-likeness (QED) is 0.639. The molecule has 0 bridgehead atoms. The van der Waals surface area contributed by atoms with E-state index in [9.17, 15) is 4.79 Å². The summed E-state index contributed by atoms with van der Waals surface area (Å²) in [6.45, 7) is 6.12. The maximum atomic E-state index is 12.8. The minimum atomic E-state index is 0.0938. The number of nitrogens with zero attached hydrogens (tertiary/aromatic N) is 1. The van der Waals surface area contributed by atoms with Gasteiger partial charge in [0.15, 0.2) is 5.78 Å². The van der Waals surface area contributed by atoms with Crippen LogP contribution in [0, 0.1) is 20.8 Å². The first kappa shape index (κ1) is 13.6. The fourth-order valence-electron chi connectivity index (χ4n) is 2.94. The molecule has 106 valence electrons. The standard InChI is InChI=1S/C19H19NO/c1-12-5-6-16-17(11-20(4)18(16)10-12)19(21)15-8-13(2)7-14(3)9-15/h5-11H,1-4H3. The van der Waals surface area contributed by atoms with Gasteiger partial charge in [-0.15, -0.1) is 0 Å². The second-order valence-corrected chi connectivity index (χ2v) is 5.88. The topological polar surface area (TPSA) is 22.0 Å². The third kappa shape index (κ3) is 2.38. The smallest absolute Gasteiger partial charge is 0.195 e. The molecule has 1 aromatic heterocycles. The maximum absolute atomic E-state index is 12.8. The number of aromatic nitrogens is 1. The number of carbonyl (C=O) groups excluding carboxylic acids is 1. The highest BCUT2D eigenvalue weighted by Gasteiger charge is 2.16. The van der Waals surface area contributed by atoms with E-state index in [1.807, 2.05) is 49.9 Å². The summed E-state index contributed by atoms with van der Waals surface area (Å²) in [4.78, 5) is 12.8. The van der Waals surface area contributed by atoms with Crippen LogP contribution < -0.4 is 0 Å². The van der Waals surface area contributed by atoms with E-state index in [-0.39, 0.29) is 5.78 Å². The average molecular weight is 277 g/mol. The Bertz CT molecular complexity index is 835. The summed E-state index contributed by atoms with van der Waals surface area (Å²) in [5.41, 5.74) is 6.08. The largest absolute Gasteiger partial charge is 0.350 e. The zero-order valence-corrected chi connectivity index (χ0v) is 12.9. The third-order valence-electron chi connectivity index (χ3n) is 3.87. The van der Waals surface area contributed by atoms with Crippen molar-refractivity contribution in [3.05, 3.63) is 70.4 Å². The summed E-state index contributed by atoms with van der Waals surface area (Å²) < 4.78 is 2.03. The first-order chi connectivity index (χ1) is 9.95. The van der Waals surface area contributed by atoms with Gasteiger partial charge in [0.2, 0.25) is 0 Å². The number of rotatable bonds is 2. The fraction of sp³-hybridized carbons (Fsp3) is 0.211. The van der Waals surface area contributed by atoms with E-state index in [2.05, 4.69) is 25.1 Å². The molecular weight excluding hydrogens is 258 g/mol. The second kappa shape index (κ2) is 4.88. The monoisotopic (exact) mass is 277 g/mol. The Balaban J connectivity index is 2.18. The molecule has 0 N–H and O–H groups in total. The van der Waals surface area contributed by atoms with Gasteiger partial charge in [-0.3, -0.25) is 4.79 Å². The Hall–Kier alpha value is -2.35. The molecule has 0 aliphatic heterocycles. The molecule has 0 aliphatic rings. The van der Waals surface area contributed by atoms with E-state index < -0.39 is 0 Å². The van der Waals surface area contributed by atoms with Gasteiger partial charge in [-0.25, -0.2) is 0 Å². The first-order valence-corrected chi connectivity index (χ1v) is 7.14. The lowest BCUT2D eigenvalue weighted by atomic mass is 9.99. The van der Waals surface area contributed by atoms with Crippen molar-refractivity contribution < 1.29 is 4.79 Å². The molecule has 2 aromatic carbocycles. The van der Waals surface area contributed by atoms with Crippen LogP contribution in [0.25, 0.3) is 10.9 Å². The van der Waals surface area contributed by atoms with Crippen molar-refractivity contribution in [2.45, 2.75) is 20.8 Å². The van der Waals surface area contributed by atoms with Gasteiger partial charge >= 0.3 is 0 Å². The molecule has 3 rings (SSSR count). The van der Waals surface area contributed by atoms with E-state index >= 15 is 0 Å². The van der Waals surface area contributed by atoms with Crippen molar-refractivity contribution >= 4 is 16.7 Å². The highest BCUT2D eigenvalue weighted by atomic mass is 16.1. The highest BCUT2D eigenvalue weighted by molar-refractivity contribution is 6.16. The summed E-state index contributed by atoms with van der Waals surface area (Å²) in [5.74, 6) is 0.0938. The number of fused-ring (bicyclic) bond motifs is 1. The highest BCUT2D eigenvalue weighted by Crippen LogP contribution is 2.25. The van der Waals surface area contributed by atoms with Crippen LogP contribution in [0.15, 0.2) is 42.6 Å². The molecule has 0 spiro atoms. The number of benzene rings is 2. The lowest BCUT2D eigenvalue weighted by molar-refractivity contribution is 0.104. The van der Waals surface area contributed by atoms with Gasteiger partial charge in [0, 0.05) is 35.3 Å². The number of hydrogen-bond acceptors (Lipinski definition) is 1. The van der Waals surface area contributed by atoms with Crippen LogP contribution in [0.3, 0.4) is 0 Å². The molecule has 0 atom stereocenters. The Labute approximate surface area is 125 Å². The van der Waals surface area contributed by atoms with Crippen molar-refractivity contribution in [2.24, 2.45) is 7.05 Å². The van der Waals surface area contributed by atoms with Crippen LogP contribution in [0.4, 0.5) is 0 Å². The predicted octanol–water partition coefficient (Wildman–Crippen LogP) is 4.33. The van der Waals surface area contributed by atoms with Gasteiger partial charge < -0.3 is 4.57 Å². The molecule has 0 saturated heterocycles. The van der Waals surface area contributed by atoms with Gasteiger partial charge in [-0.2, -0.15) is 0 Å². The van der Waals surface area contributed by atoms with Crippen LogP contribution >= 0.6 is 0 Å². The second-order valence-electron chi connectivity index (χ2n) is 5.88. The molecule has 1 heterocycles. The van der Waals surface area contributed by atoms with Gasteiger partial charge in [0.1, 0.15) is 0 Å². The van der Waals surface area contributed by atoms with Gasteiger partial charge in [-0.1, -0.05) is 29.3 Å². The summed E-state index contributed by atoms with van der Waals surface area (Å²) in [7, 11) is 1.99. The number of aryl methyl sites for hydroxylation is 4. The molecule has 0 unspecified atom stereocenters. The summed E-state index contributed by atoms with van der Waals surface area (Å²) in [6.07, 6.45) is 1.93. The van der Waals surface area contributed by atoms with Crippen LogP contribution in [-0.2, 0) is 7.05 Å². The van der Waals surface area contributed by atoms with Crippen molar-refractivity contribution in [3.8, 4) is 0 Å². The van der Waals surface area contributed by atoms with E-state index in [1.165, 1.54) is 5.56 Å². The molecule has 0 saturated carbocycles. The van der Waals surface area contributed by atoms with Crippen LogP contribution in [0.2, 0.25) is 0 Å². The van der Waals surface area contributed by atoms with Gasteiger partial charge in [-0.05, 0) is 44.5 Å². The number of carbonyl (C=O) groups is 1. The van der Waals surface area contributed by atoms with Gasteiger partial charge in [0.05, 0.1) is 0 Å². The predicted molar refractivity (Wildman–Crippen MR) is 87.0 cm³/mol. The molecule has 0 radical (unpaired) electrons. The SMILES string of the molecule is Cc1cc(C)cc(C(=O)c2cn(C)c3cc(C)ccc23)c1. The molecular formula is C19H19NO. The van der Waals surface area contributed by atoms with E-state index in [0.29, 0.717) is 0 Å². The average Bonchev–Trinajstić information content (AvgIpc) is 2.74. The van der Waals surface area contributed by atoms with Crippen LogP contribution in [-0.4, -0.2) is 10.4 Å². The first-order valence-electron chi connectivity index (χ1n) is 7.14. The minimum Gasteiger partial charge on any atom is -0.350 e. The van der Waals surface area contributed by atoms with Crippen molar-refractivity contribution in [3.63, 3.8) is 0 Å². The lowest BCUT2D eigenvalue weighted by Crippen LogP contribution is -2.01. The summed E-state index contributed by atoms with van der Waals surface area (Å²) in [5, 5.41) is 1.02. The Morgan fingerprint density at radius 2 is 1.57 bits per heavy atom. The molecule has 3 aromatic rings. The lowest BCUT2D eigenvalue weighted by Gasteiger charge is -2.04. The summed E-state index contributed by atoms with van der Waals surface area (Å²) in [6, 6.07) is 12.2. The number of hydrogen-bond donors (Lipinski definition) is 0. The van der Waals surface area contributed by atoms with Crippen molar-refractivity contribution in [2.75, 3.05) is 0 Å². The Kier molecular flexibility index (Phi) is 3.17. The maximum Gasteiger partial charge on any atom is 0.195 e. The normalized spacial score (nSPS) is 11.0. The van der Waals surface area contributed by atoms with Gasteiger partial charge in [0.25, 0.3) is 0 Å². The van der Waals surface area contributed by atoms with Crippen molar-refractivity contribution in [1.29, 1.82) is 0 Å². The zero-order chi connectivity index (χ0) is 15.1. The number of ketones is 1. The fourth-order valence-corrected chi connectivity index (χ4v) is 2.94. The molecule has 0 amide bonds. The zero-order valence-electron chi connectivity index (χ0n) is 12.9. The van der Waals surface area contributed by atoms with E-state index in [4.69, 9.17) is 0 Å². The van der Waals surface area contributed by atoms with E-state index in [1.54, 1.807) is 0 Å². The summed E-state index contributed by atoms with van der Waals surface area (Å²) >= 11 is 0. The minimum absolute atomic E-state index is 0.0938. The van der Waals surface area contributed by atoms with Crippen molar-refractivity contribution in [1.82, 2.24) is 4.57 Å². The third-order valence-corrected chi connectivity index (χ3v) is 3.87. The molecule has 0 aliphatic carbocycles. The van der Waals surface area contributed by atoms with Crippen LogP contribution in [0.1, 0.15) is 32.6 Å². The Morgan fingerprint density at radius 3 is 2.24 bits per heavy atom.